The van der Waals surface area contributed by atoms with E-state index in [9.17, 15) is 9.59 Å². The number of ketones is 1. The summed E-state index contributed by atoms with van der Waals surface area (Å²) in [5.41, 5.74) is 0.845. The number of benzene rings is 2. The van der Waals surface area contributed by atoms with Gasteiger partial charge in [-0.15, -0.1) is 0 Å². The lowest BCUT2D eigenvalue weighted by Gasteiger charge is -2.13. The minimum atomic E-state index is -0.390. The van der Waals surface area contributed by atoms with E-state index < -0.39 is 5.91 Å². The second kappa shape index (κ2) is 9.10. The number of Topliss-reactive ketones (excluding diaryl/α,β-unsaturated/α-hetero) is 1. The summed E-state index contributed by atoms with van der Waals surface area (Å²) in [7, 11) is 3.04. The van der Waals surface area contributed by atoms with Crippen LogP contribution in [0.4, 0.5) is 5.69 Å². The van der Waals surface area contributed by atoms with Crippen LogP contribution in [0.2, 0.25) is 5.02 Å². The van der Waals surface area contributed by atoms with Gasteiger partial charge in [0, 0.05) is 17.5 Å². The predicted molar refractivity (Wildman–Crippen MR) is 99.7 cm³/mol. The predicted octanol–water partition coefficient (Wildman–Crippen LogP) is 3.97. The fraction of sp³-hybridized carbons (Fsp3) is 0.263. The van der Waals surface area contributed by atoms with Gasteiger partial charge in [-0.3, -0.25) is 9.59 Å². The van der Waals surface area contributed by atoms with E-state index in [0.29, 0.717) is 39.9 Å². The maximum atomic E-state index is 12.2. The van der Waals surface area contributed by atoms with Crippen LogP contribution >= 0.6 is 11.6 Å². The third-order valence-corrected chi connectivity index (χ3v) is 3.84. The Balaban J connectivity index is 2.07. The monoisotopic (exact) mass is 377 g/mol. The van der Waals surface area contributed by atoms with Crippen molar-refractivity contribution in [3.63, 3.8) is 0 Å². The van der Waals surface area contributed by atoms with Crippen LogP contribution in [0.3, 0.4) is 0 Å². The van der Waals surface area contributed by atoms with Crippen molar-refractivity contribution in [2.45, 2.75) is 13.3 Å². The molecule has 0 fully saturated rings. The highest BCUT2D eigenvalue weighted by Crippen LogP contribution is 2.29. The summed E-state index contributed by atoms with van der Waals surface area (Å²) in [6.45, 7) is 1.48. The zero-order valence-electron chi connectivity index (χ0n) is 14.8. The number of nitrogens with one attached hydrogen (secondary N) is 1. The lowest BCUT2D eigenvalue weighted by Crippen LogP contribution is -2.21. The molecular formula is C19H20ClNO5. The van der Waals surface area contributed by atoms with Gasteiger partial charge in [0.25, 0.3) is 5.91 Å². The number of rotatable bonds is 8. The van der Waals surface area contributed by atoms with E-state index in [2.05, 4.69) is 5.32 Å². The lowest BCUT2D eigenvalue weighted by atomic mass is 10.1. The number of carbonyl (C=O) groups is 2. The normalized spacial score (nSPS) is 10.2. The van der Waals surface area contributed by atoms with E-state index in [1.165, 1.54) is 13.2 Å². The zero-order chi connectivity index (χ0) is 19.1. The Morgan fingerprint density at radius 3 is 2.46 bits per heavy atom. The minimum absolute atomic E-state index is 0.111. The quantitative estimate of drug-likeness (QED) is 0.704. The highest BCUT2D eigenvalue weighted by Gasteiger charge is 2.14. The summed E-state index contributed by atoms with van der Waals surface area (Å²) < 4.78 is 15.9. The van der Waals surface area contributed by atoms with E-state index in [1.54, 1.807) is 44.4 Å². The molecule has 6 nitrogen and oxygen atoms in total. The first kappa shape index (κ1) is 19.6. The van der Waals surface area contributed by atoms with Gasteiger partial charge in [0.15, 0.2) is 12.4 Å². The SMILES string of the molecule is CCC(=O)c1cc(Cl)ccc1OCC(=O)Nc1ccc(OC)cc1OC. The van der Waals surface area contributed by atoms with Crippen LogP contribution in [0, 0.1) is 0 Å². The number of anilines is 1. The number of ether oxygens (including phenoxy) is 3. The Bertz CT molecular complexity index is 807. The summed E-state index contributed by atoms with van der Waals surface area (Å²) >= 11 is 5.93. The number of carbonyl (C=O) groups excluding carboxylic acids is 2. The molecule has 2 aromatic rings. The van der Waals surface area contributed by atoms with Crippen molar-refractivity contribution in [1.82, 2.24) is 0 Å². The molecule has 2 rings (SSSR count). The number of halogens is 1. The Hall–Kier alpha value is -2.73. The molecule has 7 heteroatoms. The van der Waals surface area contributed by atoms with Gasteiger partial charge >= 0.3 is 0 Å². The fourth-order valence-corrected chi connectivity index (χ4v) is 2.44. The first-order valence-electron chi connectivity index (χ1n) is 7.96. The van der Waals surface area contributed by atoms with Crippen molar-refractivity contribution in [1.29, 1.82) is 0 Å². The zero-order valence-corrected chi connectivity index (χ0v) is 15.6. The summed E-state index contributed by atoms with van der Waals surface area (Å²) in [6.07, 6.45) is 0.311. The van der Waals surface area contributed by atoms with Crippen molar-refractivity contribution in [2.75, 3.05) is 26.1 Å². The van der Waals surface area contributed by atoms with Crippen molar-refractivity contribution in [3.8, 4) is 17.2 Å². The first-order valence-corrected chi connectivity index (χ1v) is 8.33. The third-order valence-electron chi connectivity index (χ3n) is 3.60. The molecule has 2 aromatic carbocycles. The molecule has 0 aliphatic heterocycles. The van der Waals surface area contributed by atoms with Crippen LogP contribution in [-0.4, -0.2) is 32.5 Å². The minimum Gasteiger partial charge on any atom is -0.497 e. The van der Waals surface area contributed by atoms with Crippen LogP contribution < -0.4 is 19.5 Å². The number of methoxy groups -OCH3 is 2. The highest BCUT2D eigenvalue weighted by atomic mass is 35.5. The molecule has 1 amide bonds. The van der Waals surface area contributed by atoms with Gasteiger partial charge in [0.1, 0.15) is 17.2 Å². The molecule has 0 saturated carbocycles. The van der Waals surface area contributed by atoms with Gasteiger partial charge in [0.2, 0.25) is 0 Å². The smallest absolute Gasteiger partial charge is 0.262 e. The molecule has 0 aliphatic rings. The molecule has 0 aromatic heterocycles. The highest BCUT2D eigenvalue weighted by molar-refractivity contribution is 6.31. The molecule has 0 spiro atoms. The standard InChI is InChI=1S/C19H20ClNO5/c1-4-16(22)14-9-12(20)5-8-17(14)26-11-19(23)21-15-7-6-13(24-2)10-18(15)25-3/h5-10H,4,11H2,1-3H3,(H,21,23). The van der Waals surface area contributed by atoms with Crippen molar-refractivity contribution < 1.29 is 23.8 Å². The molecule has 138 valence electrons. The number of hydrogen-bond acceptors (Lipinski definition) is 5. The van der Waals surface area contributed by atoms with Gasteiger partial charge in [-0.25, -0.2) is 0 Å². The Morgan fingerprint density at radius 2 is 1.81 bits per heavy atom. The van der Waals surface area contributed by atoms with Crippen molar-refractivity contribution >= 4 is 29.0 Å². The molecule has 1 N–H and O–H groups in total. The van der Waals surface area contributed by atoms with Crippen LogP contribution in [0.25, 0.3) is 0 Å². The summed E-state index contributed by atoms with van der Waals surface area (Å²) in [4.78, 5) is 24.2. The van der Waals surface area contributed by atoms with Gasteiger partial charge in [-0.1, -0.05) is 18.5 Å². The van der Waals surface area contributed by atoms with Crippen LogP contribution in [0.5, 0.6) is 17.2 Å². The van der Waals surface area contributed by atoms with Crippen molar-refractivity contribution in [2.24, 2.45) is 0 Å². The maximum Gasteiger partial charge on any atom is 0.262 e. The summed E-state index contributed by atoms with van der Waals surface area (Å²) in [5.74, 6) is 0.891. The molecule has 0 radical (unpaired) electrons. The second-order valence-electron chi connectivity index (χ2n) is 5.32. The third kappa shape index (κ3) is 4.89. The molecule has 0 heterocycles. The average molecular weight is 378 g/mol. The van der Waals surface area contributed by atoms with Crippen LogP contribution in [0.1, 0.15) is 23.7 Å². The molecule has 0 aliphatic carbocycles. The fourth-order valence-electron chi connectivity index (χ4n) is 2.27. The Labute approximate surface area is 157 Å². The molecule has 0 unspecified atom stereocenters. The summed E-state index contributed by atoms with van der Waals surface area (Å²) in [6, 6.07) is 9.75. The first-order chi connectivity index (χ1) is 12.5. The van der Waals surface area contributed by atoms with Gasteiger partial charge < -0.3 is 19.5 Å². The average Bonchev–Trinajstić information content (AvgIpc) is 2.66. The van der Waals surface area contributed by atoms with E-state index in [-0.39, 0.29) is 12.4 Å². The second-order valence-corrected chi connectivity index (χ2v) is 5.76. The van der Waals surface area contributed by atoms with Gasteiger partial charge in [-0.2, -0.15) is 0 Å². The number of amides is 1. The van der Waals surface area contributed by atoms with E-state index >= 15 is 0 Å². The van der Waals surface area contributed by atoms with Crippen LogP contribution in [0.15, 0.2) is 36.4 Å². The lowest BCUT2D eigenvalue weighted by molar-refractivity contribution is -0.118. The van der Waals surface area contributed by atoms with E-state index in [4.69, 9.17) is 25.8 Å². The molecular weight excluding hydrogens is 358 g/mol. The molecule has 0 saturated heterocycles. The van der Waals surface area contributed by atoms with Crippen LogP contribution in [-0.2, 0) is 4.79 Å². The molecule has 0 bridgehead atoms. The maximum absolute atomic E-state index is 12.2. The largest absolute Gasteiger partial charge is 0.497 e. The van der Waals surface area contributed by atoms with E-state index in [0.717, 1.165) is 0 Å². The number of hydrogen-bond donors (Lipinski definition) is 1. The Kier molecular flexibility index (Phi) is 6.86. The van der Waals surface area contributed by atoms with Gasteiger partial charge in [-0.05, 0) is 30.3 Å². The molecule has 26 heavy (non-hydrogen) atoms. The van der Waals surface area contributed by atoms with Crippen molar-refractivity contribution in [3.05, 3.63) is 47.0 Å². The molecule has 0 atom stereocenters. The topological polar surface area (TPSA) is 73.9 Å². The van der Waals surface area contributed by atoms with E-state index in [1.807, 2.05) is 0 Å². The summed E-state index contributed by atoms with van der Waals surface area (Å²) in [5, 5.41) is 3.13. The Morgan fingerprint density at radius 1 is 1.04 bits per heavy atom. The van der Waals surface area contributed by atoms with Gasteiger partial charge in [0.05, 0.1) is 25.5 Å².